The minimum absolute atomic E-state index is 0.0971. The van der Waals surface area contributed by atoms with E-state index in [1.807, 2.05) is 0 Å². The molecule has 1 atom stereocenters. The number of benzene rings is 1. The molecule has 1 aromatic rings. The molecular formula is C12H15Cl2NO3. The molecule has 0 aliphatic carbocycles. The molecule has 1 aromatic carbocycles. The Morgan fingerprint density at radius 3 is 2.78 bits per heavy atom. The molecule has 0 spiro atoms. The van der Waals surface area contributed by atoms with Crippen molar-refractivity contribution in [1.82, 2.24) is 4.90 Å². The van der Waals surface area contributed by atoms with Crippen LogP contribution >= 0.6 is 23.2 Å². The highest BCUT2D eigenvalue weighted by atomic mass is 35.5. The van der Waals surface area contributed by atoms with Crippen LogP contribution in [0.5, 0.6) is 5.75 Å². The number of aliphatic hydroxyl groups is 1. The van der Waals surface area contributed by atoms with Crippen LogP contribution in [0.2, 0.25) is 10.0 Å². The third kappa shape index (κ3) is 4.05. The summed E-state index contributed by atoms with van der Waals surface area (Å²) in [5.41, 5.74) is 0. The number of likely N-dealkylation sites (N-methyl/N-ethyl adjacent to an activating group) is 1. The van der Waals surface area contributed by atoms with Crippen LogP contribution in [0.3, 0.4) is 0 Å². The van der Waals surface area contributed by atoms with Crippen molar-refractivity contribution >= 4 is 29.1 Å². The summed E-state index contributed by atoms with van der Waals surface area (Å²) in [6.45, 7) is 1.49. The van der Waals surface area contributed by atoms with Crippen molar-refractivity contribution in [3.8, 4) is 5.75 Å². The van der Waals surface area contributed by atoms with E-state index < -0.39 is 0 Å². The highest BCUT2D eigenvalue weighted by molar-refractivity contribution is 6.34. The molecule has 0 heterocycles. The summed E-state index contributed by atoms with van der Waals surface area (Å²) in [6, 6.07) is 4.53. The van der Waals surface area contributed by atoms with Gasteiger partial charge in [-0.2, -0.15) is 0 Å². The van der Waals surface area contributed by atoms with Crippen molar-refractivity contribution in [3.63, 3.8) is 0 Å². The number of amides is 1. The highest BCUT2D eigenvalue weighted by Gasteiger charge is 2.15. The molecule has 0 aliphatic rings. The average molecular weight is 292 g/mol. The minimum Gasteiger partial charge on any atom is -0.482 e. The number of hydrogen-bond donors (Lipinski definition) is 1. The largest absolute Gasteiger partial charge is 0.482 e. The van der Waals surface area contributed by atoms with Gasteiger partial charge in [-0.15, -0.1) is 0 Å². The van der Waals surface area contributed by atoms with E-state index in [2.05, 4.69) is 0 Å². The van der Waals surface area contributed by atoms with Crippen LogP contribution in [0.15, 0.2) is 18.2 Å². The maximum Gasteiger partial charge on any atom is 0.260 e. The first kappa shape index (κ1) is 15.1. The molecule has 0 radical (unpaired) electrons. The zero-order chi connectivity index (χ0) is 13.7. The molecule has 1 N–H and O–H groups in total. The molecule has 0 fully saturated rings. The molecule has 1 amide bonds. The quantitative estimate of drug-likeness (QED) is 0.905. The van der Waals surface area contributed by atoms with E-state index in [9.17, 15) is 4.79 Å². The maximum atomic E-state index is 11.7. The number of carbonyl (C=O) groups is 1. The van der Waals surface area contributed by atoms with Gasteiger partial charge in [-0.3, -0.25) is 4.79 Å². The first-order valence-corrected chi connectivity index (χ1v) is 6.15. The van der Waals surface area contributed by atoms with E-state index in [0.717, 1.165) is 0 Å². The Balaban J connectivity index is 2.60. The van der Waals surface area contributed by atoms with Crippen molar-refractivity contribution in [3.05, 3.63) is 28.2 Å². The van der Waals surface area contributed by atoms with E-state index in [1.165, 1.54) is 4.90 Å². The second-order valence-corrected chi connectivity index (χ2v) is 4.74. The van der Waals surface area contributed by atoms with Crippen molar-refractivity contribution in [2.75, 3.05) is 20.3 Å². The lowest BCUT2D eigenvalue weighted by molar-refractivity contribution is -0.134. The van der Waals surface area contributed by atoms with Crippen LogP contribution in [0.1, 0.15) is 6.92 Å². The Hall–Kier alpha value is -0.970. The molecule has 1 unspecified atom stereocenters. The molecule has 0 aromatic heterocycles. The number of halogens is 2. The summed E-state index contributed by atoms with van der Waals surface area (Å²) in [4.78, 5) is 13.1. The van der Waals surface area contributed by atoms with Crippen molar-refractivity contribution in [2.45, 2.75) is 13.0 Å². The zero-order valence-corrected chi connectivity index (χ0v) is 11.7. The van der Waals surface area contributed by atoms with Crippen molar-refractivity contribution in [1.29, 1.82) is 0 Å². The van der Waals surface area contributed by atoms with Crippen LogP contribution in [-0.4, -0.2) is 42.2 Å². The predicted molar refractivity (Wildman–Crippen MR) is 71.3 cm³/mol. The van der Waals surface area contributed by atoms with Gasteiger partial charge in [0.05, 0.1) is 17.7 Å². The summed E-state index contributed by atoms with van der Waals surface area (Å²) in [5.74, 6) is 0.121. The van der Waals surface area contributed by atoms with E-state index in [1.54, 1.807) is 32.2 Å². The van der Waals surface area contributed by atoms with Crippen LogP contribution in [-0.2, 0) is 4.79 Å². The van der Waals surface area contributed by atoms with Crippen LogP contribution < -0.4 is 4.74 Å². The normalized spacial score (nSPS) is 12.1. The lowest BCUT2D eigenvalue weighted by Gasteiger charge is -2.23. The molecule has 0 saturated carbocycles. The SMILES string of the molecule is CC(CO)N(C)C(=O)COc1cc(Cl)ccc1Cl. The second kappa shape index (κ2) is 6.83. The second-order valence-electron chi connectivity index (χ2n) is 3.90. The summed E-state index contributed by atoms with van der Waals surface area (Å²) in [7, 11) is 1.60. The molecule has 100 valence electrons. The topological polar surface area (TPSA) is 49.8 Å². The van der Waals surface area contributed by atoms with Gasteiger partial charge in [-0.05, 0) is 19.1 Å². The lowest BCUT2D eigenvalue weighted by atomic mass is 10.3. The molecule has 0 aliphatic heterocycles. The monoisotopic (exact) mass is 291 g/mol. The van der Waals surface area contributed by atoms with Gasteiger partial charge >= 0.3 is 0 Å². The number of nitrogens with zero attached hydrogens (tertiary/aromatic N) is 1. The third-order valence-corrected chi connectivity index (χ3v) is 3.11. The smallest absolute Gasteiger partial charge is 0.260 e. The van der Waals surface area contributed by atoms with Gasteiger partial charge in [0.15, 0.2) is 6.61 Å². The van der Waals surface area contributed by atoms with Crippen LogP contribution in [0, 0.1) is 0 Å². The number of hydrogen-bond acceptors (Lipinski definition) is 3. The first-order valence-electron chi connectivity index (χ1n) is 5.40. The van der Waals surface area contributed by atoms with E-state index in [4.69, 9.17) is 33.0 Å². The Morgan fingerprint density at radius 2 is 2.17 bits per heavy atom. The highest BCUT2D eigenvalue weighted by Crippen LogP contribution is 2.27. The Labute approximate surface area is 116 Å². The third-order valence-electron chi connectivity index (χ3n) is 2.56. The van der Waals surface area contributed by atoms with E-state index in [0.29, 0.717) is 15.8 Å². The van der Waals surface area contributed by atoms with Gasteiger partial charge in [0.2, 0.25) is 0 Å². The fourth-order valence-electron chi connectivity index (χ4n) is 1.20. The molecule has 1 rings (SSSR count). The standard InChI is InChI=1S/C12H15Cl2NO3/c1-8(6-16)15(2)12(17)7-18-11-5-9(13)3-4-10(11)14/h3-5,8,16H,6-7H2,1-2H3. The zero-order valence-electron chi connectivity index (χ0n) is 10.2. The Bertz CT molecular complexity index is 426. The van der Waals surface area contributed by atoms with Gasteiger partial charge in [0, 0.05) is 18.1 Å². The molecule has 4 nitrogen and oxygen atoms in total. The van der Waals surface area contributed by atoms with Crippen molar-refractivity contribution in [2.24, 2.45) is 0 Å². The predicted octanol–water partition coefficient (Wildman–Crippen LogP) is 2.21. The van der Waals surface area contributed by atoms with Crippen LogP contribution in [0.25, 0.3) is 0 Å². The van der Waals surface area contributed by atoms with Gasteiger partial charge in [-0.25, -0.2) is 0 Å². The summed E-state index contributed by atoms with van der Waals surface area (Å²) in [5, 5.41) is 9.83. The van der Waals surface area contributed by atoms with E-state index in [-0.39, 0.29) is 25.2 Å². The molecule has 0 bridgehead atoms. The maximum absolute atomic E-state index is 11.7. The minimum atomic E-state index is -0.254. The van der Waals surface area contributed by atoms with Crippen LogP contribution in [0.4, 0.5) is 0 Å². The number of rotatable bonds is 5. The van der Waals surface area contributed by atoms with E-state index >= 15 is 0 Å². The van der Waals surface area contributed by atoms with Gasteiger partial charge in [0.25, 0.3) is 5.91 Å². The Kier molecular flexibility index (Phi) is 5.72. The summed E-state index contributed by atoms with van der Waals surface area (Å²) >= 11 is 11.7. The van der Waals surface area contributed by atoms with Gasteiger partial charge in [0.1, 0.15) is 5.75 Å². The number of carbonyl (C=O) groups excluding carboxylic acids is 1. The first-order chi connectivity index (χ1) is 8.45. The molecule has 0 saturated heterocycles. The fourth-order valence-corrected chi connectivity index (χ4v) is 1.53. The molecule has 6 heteroatoms. The Morgan fingerprint density at radius 1 is 1.50 bits per heavy atom. The summed E-state index contributed by atoms with van der Waals surface area (Å²) < 4.78 is 5.31. The van der Waals surface area contributed by atoms with Gasteiger partial charge in [-0.1, -0.05) is 23.2 Å². The number of ether oxygens (including phenoxy) is 1. The average Bonchev–Trinajstić information content (AvgIpc) is 2.37. The lowest BCUT2D eigenvalue weighted by Crippen LogP contribution is -2.40. The van der Waals surface area contributed by atoms with Gasteiger partial charge < -0.3 is 14.7 Å². The fraction of sp³-hybridized carbons (Fsp3) is 0.417. The van der Waals surface area contributed by atoms with Crippen molar-refractivity contribution < 1.29 is 14.6 Å². The number of aliphatic hydroxyl groups excluding tert-OH is 1. The molecule has 18 heavy (non-hydrogen) atoms. The summed E-state index contributed by atoms with van der Waals surface area (Å²) in [6.07, 6.45) is 0. The molecular weight excluding hydrogens is 277 g/mol.